The van der Waals surface area contributed by atoms with Crippen molar-refractivity contribution in [2.75, 3.05) is 0 Å². The number of nitrogens with zero attached hydrogens (tertiary/aromatic N) is 3. The third-order valence-corrected chi connectivity index (χ3v) is 5.52. The topological polar surface area (TPSA) is 95.8 Å². The SMILES string of the molecule is CC(NC(=O)C1(O)CC1)c1cccc(-c2cc3c(ncc4ncn(C)c43)[nH]2)c1. The van der Waals surface area contributed by atoms with E-state index in [2.05, 4.69) is 26.3 Å². The molecule has 1 atom stereocenters. The van der Waals surface area contributed by atoms with Crippen LogP contribution in [0.2, 0.25) is 0 Å². The van der Waals surface area contributed by atoms with Crippen LogP contribution in [0.3, 0.4) is 0 Å². The molecule has 1 aliphatic carbocycles. The number of aromatic amines is 1. The molecule has 0 bridgehead atoms. The lowest BCUT2D eigenvalue weighted by atomic mass is 10.0. The number of carbonyl (C=O) groups is 1. The van der Waals surface area contributed by atoms with Crippen molar-refractivity contribution in [3.8, 4) is 11.3 Å². The number of H-pyrrole nitrogens is 1. The minimum absolute atomic E-state index is 0.191. The van der Waals surface area contributed by atoms with Gasteiger partial charge in [0, 0.05) is 18.1 Å². The minimum Gasteiger partial charge on any atom is -0.380 e. The lowest BCUT2D eigenvalue weighted by Crippen LogP contribution is -2.37. The Hall–Kier alpha value is -3.19. The number of nitrogens with one attached hydrogen (secondary N) is 2. The normalized spacial score (nSPS) is 16.4. The van der Waals surface area contributed by atoms with E-state index in [1.807, 2.05) is 42.8 Å². The van der Waals surface area contributed by atoms with E-state index in [-0.39, 0.29) is 11.9 Å². The summed E-state index contributed by atoms with van der Waals surface area (Å²) in [4.78, 5) is 24.4. The van der Waals surface area contributed by atoms with Crippen molar-refractivity contribution < 1.29 is 9.90 Å². The Morgan fingerprint density at radius 1 is 1.32 bits per heavy atom. The Bertz CT molecular complexity index is 1220. The van der Waals surface area contributed by atoms with Gasteiger partial charge in [-0.05, 0) is 43.0 Å². The van der Waals surface area contributed by atoms with Gasteiger partial charge in [0.15, 0.2) is 0 Å². The fourth-order valence-corrected chi connectivity index (χ4v) is 3.61. The number of amides is 1. The molecule has 0 spiro atoms. The third-order valence-electron chi connectivity index (χ3n) is 5.52. The lowest BCUT2D eigenvalue weighted by molar-refractivity contribution is -0.132. The third kappa shape index (κ3) is 2.66. The van der Waals surface area contributed by atoms with Crippen molar-refractivity contribution in [1.82, 2.24) is 24.8 Å². The van der Waals surface area contributed by atoms with Gasteiger partial charge in [0.25, 0.3) is 5.91 Å². The summed E-state index contributed by atoms with van der Waals surface area (Å²) < 4.78 is 1.99. The van der Waals surface area contributed by atoms with Gasteiger partial charge in [0.05, 0.1) is 24.1 Å². The molecule has 1 fully saturated rings. The fraction of sp³-hybridized carbons (Fsp3) is 0.286. The molecule has 28 heavy (non-hydrogen) atoms. The second-order valence-corrected chi connectivity index (χ2v) is 7.65. The maximum absolute atomic E-state index is 12.1. The Balaban J connectivity index is 1.50. The van der Waals surface area contributed by atoms with Crippen LogP contribution in [0.25, 0.3) is 33.3 Å². The maximum atomic E-state index is 12.1. The van der Waals surface area contributed by atoms with E-state index in [1.165, 1.54) is 0 Å². The van der Waals surface area contributed by atoms with Crippen LogP contribution in [-0.2, 0) is 11.8 Å². The first-order chi connectivity index (χ1) is 13.4. The number of fused-ring (bicyclic) bond motifs is 3. The van der Waals surface area contributed by atoms with E-state index in [4.69, 9.17) is 0 Å². The quantitative estimate of drug-likeness (QED) is 0.511. The van der Waals surface area contributed by atoms with E-state index in [1.54, 1.807) is 12.5 Å². The summed E-state index contributed by atoms with van der Waals surface area (Å²) in [7, 11) is 1.97. The van der Waals surface area contributed by atoms with E-state index >= 15 is 0 Å². The van der Waals surface area contributed by atoms with Gasteiger partial charge < -0.3 is 20.0 Å². The summed E-state index contributed by atoms with van der Waals surface area (Å²) in [6.45, 7) is 1.93. The molecule has 0 radical (unpaired) electrons. The molecule has 142 valence electrons. The fourth-order valence-electron chi connectivity index (χ4n) is 3.61. The van der Waals surface area contributed by atoms with Gasteiger partial charge in [-0.15, -0.1) is 0 Å². The molecule has 3 heterocycles. The Kier molecular flexibility index (Phi) is 3.57. The molecule has 3 N–H and O–H groups in total. The van der Waals surface area contributed by atoms with Crippen LogP contribution >= 0.6 is 0 Å². The summed E-state index contributed by atoms with van der Waals surface area (Å²) in [5.41, 5.74) is 4.50. The summed E-state index contributed by atoms with van der Waals surface area (Å²) in [5, 5.41) is 13.9. The number of rotatable bonds is 4. The average molecular weight is 375 g/mol. The lowest BCUT2D eigenvalue weighted by Gasteiger charge is -2.17. The van der Waals surface area contributed by atoms with Crippen LogP contribution < -0.4 is 5.32 Å². The van der Waals surface area contributed by atoms with Gasteiger partial charge in [-0.2, -0.15) is 0 Å². The first-order valence-electron chi connectivity index (χ1n) is 9.37. The molecule has 0 aliphatic heterocycles. The minimum atomic E-state index is -1.16. The molecule has 4 aromatic rings. The number of hydrogen-bond acceptors (Lipinski definition) is 4. The van der Waals surface area contributed by atoms with Crippen molar-refractivity contribution in [2.45, 2.75) is 31.4 Å². The van der Waals surface area contributed by atoms with Crippen LogP contribution in [0.15, 0.2) is 42.9 Å². The molecule has 7 nitrogen and oxygen atoms in total. The highest BCUT2D eigenvalue weighted by Gasteiger charge is 2.48. The molecule has 0 saturated heterocycles. The van der Waals surface area contributed by atoms with Gasteiger partial charge in [-0.3, -0.25) is 4.79 Å². The molecule has 3 aromatic heterocycles. The number of benzene rings is 1. The van der Waals surface area contributed by atoms with Crippen molar-refractivity contribution in [3.63, 3.8) is 0 Å². The number of aliphatic hydroxyl groups is 1. The smallest absolute Gasteiger partial charge is 0.252 e. The van der Waals surface area contributed by atoms with Gasteiger partial charge in [0.1, 0.15) is 16.8 Å². The van der Waals surface area contributed by atoms with Crippen LogP contribution in [0.4, 0.5) is 0 Å². The van der Waals surface area contributed by atoms with Crippen molar-refractivity contribution in [2.24, 2.45) is 7.05 Å². The Labute approximate surface area is 161 Å². The van der Waals surface area contributed by atoms with Gasteiger partial charge in [-0.25, -0.2) is 9.97 Å². The van der Waals surface area contributed by atoms with E-state index in [9.17, 15) is 9.90 Å². The highest BCUT2D eigenvalue weighted by atomic mass is 16.3. The predicted molar refractivity (Wildman–Crippen MR) is 107 cm³/mol. The molecule has 1 unspecified atom stereocenters. The summed E-state index contributed by atoms with van der Waals surface area (Å²) in [6.07, 6.45) is 4.64. The average Bonchev–Trinajstić information content (AvgIpc) is 3.13. The van der Waals surface area contributed by atoms with Gasteiger partial charge >= 0.3 is 0 Å². The molecule has 5 rings (SSSR count). The molecular weight excluding hydrogens is 354 g/mol. The zero-order valence-corrected chi connectivity index (χ0v) is 15.7. The monoisotopic (exact) mass is 375 g/mol. The standard InChI is InChI=1S/C21H21N5O2/c1-12(24-20(27)21(28)6-7-21)13-4-3-5-14(8-13)16-9-15-18-17(23-11-26(18)2)10-22-19(15)25-16/h3-5,8-12,28H,6-7H2,1-2H3,(H,22,25)(H,24,27). The highest BCUT2D eigenvalue weighted by molar-refractivity contribution is 6.03. The van der Waals surface area contributed by atoms with Crippen LogP contribution in [0.1, 0.15) is 31.4 Å². The first-order valence-corrected chi connectivity index (χ1v) is 9.37. The molecule has 1 aromatic carbocycles. The number of carbonyl (C=O) groups excluding carboxylic acids is 1. The number of imidazole rings is 1. The first kappa shape index (κ1) is 16.9. The zero-order valence-electron chi connectivity index (χ0n) is 15.7. The summed E-state index contributed by atoms with van der Waals surface area (Å²) >= 11 is 0. The molecule has 1 aliphatic rings. The van der Waals surface area contributed by atoms with E-state index < -0.39 is 5.60 Å². The Morgan fingerprint density at radius 2 is 2.14 bits per heavy atom. The number of hydrogen-bond donors (Lipinski definition) is 3. The Morgan fingerprint density at radius 3 is 2.93 bits per heavy atom. The summed E-state index contributed by atoms with van der Waals surface area (Å²) in [5.74, 6) is -0.293. The summed E-state index contributed by atoms with van der Waals surface area (Å²) in [6, 6.07) is 9.92. The largest absolute Gasteiger partial charge is 0.380 e. The van der Waals surface area contributed by atoms with E-state index in [0.29, 0.717) is 12.8 Å². The molecular formula is C21H21N5O2. The molecule has 1 amide bonds. The van der Waals surface area contributed by atoms with Crippen molar-refractivity contribution in [3.05, 3.63) is 48.4 Å². The van der Waals surface area contributed by atoms with Crippen LogP contribution in [0.5, 0.6) is 0 Å². The highest BCUT2D eigenvalue weighted by Crippen LogP contribution is 2.36. The van der Waals surface area contributed by atoms with Gasteiger partial charge in [-0.1, -0.05) is 18.2 Å². The van der Waals surface area contributed by atoms with Crippen molar-refractivity contribution in [1.29, 1.82) is 0 Å². The predicted octanol–water partition coefficient (Wildman–Crippen LogP) is 2.82. The second kappa shape index (κ2) is 5.90. The molecule has 1 saturated carbocycles. The van der Waals surface area contributed by atoms with Crippen LogP contribution in [0, 0.1) is 0 Å². The maximum Gasteiger partial charge on any atom is 0.252 e. The molecule has 7 heteroatoms. The van der Waals surface area contributed by atoms with Crippen LogP contribution in [-0.4, -0.2) is 36.1 Å². The second-order valence-electron chi connectivity index (χ2n) is 7.65. The zero-order chi connectivity index (χ0) is 19.5. The van der Waals surface area contributed by atoms with Gasteiger partial charge in [0.2, 0.25) is 0 Å². The number of pyridine rings is 1. The number of aromatic nitrogens is 4. The van der Waals surface area contributed by atoms with Crippen molar-refractivity contribution >= 4 is 28.0 Å². The number of aryl methyl sites for hydroxylation is 1. The van der Waals surface area contributed by atoms with E-state index in [0.717, 1.165) is 38.9 Å².